The van der Waals surface area contributed by atoms with Gasteiger partial charge in [0.25, 0.3) is 0 Å². The number of urea groups is 1. The van der Waals surface area contributed by atoms with Crippen molar-refractivity contribution in [2.45, 2.75) is 32.7 Å². The van der Waals surface area contributed by atoms with E-state index in [2.05, 4.69) is 25.1 Å². The van der Waals surface area contributed by atoms with E-state index in [0.29, 0.717) is 22.2 Å². The fourth-order valence-electron chi connectivity index (χ4n) is 4.26. The third kappa shape index (κ3) is 6.79. The Hall–Kier alpha value is -4.65. The van der Waals surface area contributed by atoms with Crippen molar-refractivity contribution in [1.29, 1.82) is 0 Å². The number of ether oxygens (including phenoxy) is 1. The number of rotatable bonds is 7. The summed E-state index contributed by atoms with van der Waals surface area (Å²) in [5.41, 5.74) is 3.76. The summed E-state index contributed by atoms with van der Waals surface area (Å²) in [6.45, 7) is 4.30. The molecule has 0 radical (unpaired) electrons. The standard InChI is InChI=1S/C29H25F3N6O3S/c1-18(2)23-5-3-4-6-24(23)38-25(39)16-42-28(38)35-27(40)33-15-19-7-9-20(10-8-19)26-34-17-37(36-26)21-11-13-22(14-12-21)41-29(30,31)32/h3-14,17-18H,15-16H2,1-2H3,(H,33,40)/b35-28-. The van der Waals surface area contributed by atoms with Gasteiger partial charge in [0.05, 0.1) is 17.1 Å². The first kappa shape index (κ1) is 28.9. The molecule has 1 saturated heterocycles. The minimum absolute atomic E-state index is 0.126. The number of hydrogen-bond donors (Lipinski definition) is 1. The monoisotopic (exact) mass is 594 g/mol. The summed E-state index contributed by atoms with van der Waals surface area (Å²) >= 11 is 1.22. The number of amides is 3. The Morgan fingerprint density at radius 3 is 2.48 bits per heavy atom. The van der Waals surface area contributed by atoms with Crippen molar-refractivity contribution in [3.05, 3.63) is 90.3 Å². The van der Waals surface area contributed by atoms with Gasteiger partial charge in [-0.1, -0.05) is 68.1 Å². The molecular formula is C29H25F3N6O3S. The first-order valence-corrected chi connectivity index (χ1v) is 13.8. The molecule has 1 fully saturated rings. The number of aliphatic imine (C=N–C) groups is 1. The molecule has 1 aliphatic rings. The number of carbonyl (C=O) groups is 2. The summed E-state index contributed by atoms with van der Waals surface area (Å²) in [6.07, 6.45) is -3.31. The Bertz CT molecular complexity index is 1620. The lowest BCUT2D eigenvalue weighted by Crippen LogP contribution is -2.32. The third-order valence-corrected chi connectivity index (χ3v) is 7.17. The van der Waals surface area contributed by atoms with Gasteiger partial charge < -0.3 is 10.1 Å². The second-order valence-corrected chi connectivity index (χ2v) is 10.5. The second kappa shape index (κ2) is 12.1. The number of para-hydroxylation sites is 1. The molecular weight excluding hydrogens is 569 g/mol. The van der Waals surface area contributed by atoms with Crippen LogP contribution in [0.25, 0.3) is 17.1 Å². The van der Waals surface area contributed by atoms with Gasteiger partial charge >= 0.3 is 12.4 Å². The Balaban J connectivity index is 1.21. The molecule has 0 atom stereocenters. The average molecular weight is 595 g/mol. The van der Waals surface area contributed by atoms with Gasteiger partial charge in [-0.3, -0.25) is 9.69 Å². The Morgan fingerprint density at radius 1 is 1.07 bits per heavy atom. The number of anilines is 1. The van der Waals surface area contributed by atoms with E-state index < -0.39 is 12.4 Å². The van der Waals surface area contributed by atoms with E-state index in [-0.39, 0.29) is 29.9 Å². The number of nitrogens with one attached hydrogen (secondary N) is 1. The molecule has 0 unspecified atom stereocenters. The van der Waals surface area contributed by atoms with Gasteiger partial charge in [-0.2, -0.15) is 4.99 Å². The smallest absolute Gasteiger partial charge is 0.406 e. The Morgan fingerprint density at radius 2 is 1.79 bits per heavy atom. The topological polar surface area (TPSA) is 102 Å². The maximum atomic E-state index is 12.7. The van der Waals surface area contributed by atoms with E-state index in [9.17, 15) is 22.8 Å². The Kier molecular flexibility index (Phi) is 8.29. The van der Waals surface area contributed by atoms with Crippen molar-refractivity contribution < 1.29 is 27.5 Å². The van der Waals surface area contributed by atoms with Crippen LogP contribution in [-0.4, -0.2) is 44.0 Å². The first-order valence-electron chi connectivity index (χ1n) is 12.9. The third-order valence-electron chi connectivity index (χ3n) is 6.24. The molecule has 1 aromatic heterocycles. The summed E-state index contributed by atoms with van der Waals surface area (Å²) in [4.78, 5) is 35.3. The van der Waals surface area contributed by atoms with Crippen LogP contribution in [-0.2, 0) is 11.3 Å². The zero-order chi connectivity index (χ0) is 29.9. The van der Waals surface area contributed by atoms with Gasteiger partial charge in [0.1, 0.15) is 12.1 Å². The van der Waals surface area contributed by atoms with Gasteiger partial charge in [0.2, 0.25) is 5.91 Å². The van der Waals surface area contributed by atoms with Crippen LogP contribution < -0.4 is 15.0 Å². The molecule has 9 nitrogen and oxygen atoms in total. The minimum atomic E-state index is -4.76. The van der Waals surface area contributed by atoms with Gasteiger partial charge in [-0.25, -0.2) is 14.5 Å². The molecule has 3 amide bonds. The molecule has 0 aliphatic carbocycles. The predicted molar refractivity (Wildman–Crippen MR) is 154 cm³/mol. The number of halogens is 3. The van der Waals surface area contributed by atoms with E-state index in [1.54, 1.807) is 12.1 Å². The minimum Gasteiger partial charge on any atom is -0.406 e. The normalized spacial score (nSPS) is 14.6. The van der Waals surface area contributed by atoms with Gasteiger partial charge in [-0.15, -0.1) is 18.3 Å². The van der Waals surface area contributed by atoms with Crippen LogP contribution in [0.3, 0.4) is 0 Å². The fraction of sp³-hybridized carbons (Fsp3) is 0.207. The molecule has 1 N–H and O–H groups in total. The lowest BCUT2D eigenvalue weighted by molar-refractivity contribution is -0.274. The molecule has 42 heavy (non-hydrogen) atoms. The van der Waals surface area contributed by atoms with Crippen LogP contribution in [0.4, 0.5) is 23.7 Å². The maximum Gasteiger partial charge on any atom is 0.573 e. The number of hydrogen-bond acceptors (Lipinski definition) is 6. The average Bonchev–Trinajstić information content (AvgIpc) is 3.59. The number of carbonyl (C=O) groups excluding carboxylic acids is 2. The molecule has 0 spiro atoms. The van der Waals surface area contributed by atoms with Crippen LogP contribution >= 0.6 is 11.8 Å². The number of nitrogens with zero attached hydrogens (tertiary/aromatic N) is 5. The van der Waals surface area contributed by atoms with Crippen molar-refractivity contribution in [2.75, 3.05) is 10.7 Å². The molecule has 0 bridgehead atoms. The first-order chi connectivity index (χ1) is 20.1. The molecule has 5 rings (SSSR count). The largest absolute Gasteiger partial charge is 0.573 e. The lowest BCUT2D eigenvalue weighted by Gasteiger charge is -2.21. The molecule has 2 heterocycles. The van der Waals surface area contributed by atoms with Crippen LogP contribution in [0.1, 0.15) is 30.9 Å². The van der Waals surface area contributed by atoms with Crippen molar-refractivity contribution in [2.24, 2.45) is 4.99 Å². The summed E-state index contributed by atoms with van der Waals surface area (Å²) < 4.78 is 42.5. The van der Waals surface area contributed by atoms with Crippen LogP contribution in [0.5, 0.6) is 5.75 Å². The second-order valence-electron chi connectivity index (χ2n) is 9.54. The number of alkyl halides is 3. The highest BCUT2D eigenvalue weighted by Crippen LogP contribution is 2.33. The number of aromatic nitrogens is 3. The van der Waals surface area contributed by atoms with Gasteiger partial charge in [0, 0.05) is 12.1 Å². The summed E-state index contributed by atoms with van der Waals surface area (Å²) in [5, 5.41) is 7.49. The molecule has 13 heteroatoms. The van der Waals surface area contributed by atoms with Crippen LogP contribution in [0.15, 0.2) is 84.1 Å². The van der Waals surface area contributed by atoms with E-state index >= 15 is 0 Å². The maximum absolute atomic E-state index is 12.7. The fourth-order valence-corrected chi connectivity index (χ4v) is 5.12. The SMILES string of the molecule is CC(C)c1ccccc1N1C(=O)CS/C1=N\C(=O)NCc1ccc(-c2ncn(-c3ccc(OC(F)(F)F)cc3)n2)cc1. The highest BCUT2D eigenvalue weighted by Gasteiger charge is 2.32. The van der Waals surface area contributed by atoms with E-state index in [1.165, 1.54) is 51.9 Å². The van der Waals surface area contributed by atoms with Crippen molar-refractivity contribution in [1.82, 2.24) is 20.1 Å². The molecule has 3 aromatic carbocycles. The van der Waals surface area contributed by atoms with Gasteiger partial charge in [-0.05, 0) is 47.4 Å². The Labute approximate surface area is 243 Å². The zero-order valence-electron chi connectivity index (χ0n) is 22.5. The van der Waals surface area contributed by atoms with Crippen LogP contribution in [0.2, 0.25) is 0 Å². The molecule has 4 aromatic rings. The van der Waals surface area contributed by atoms with Crippen LogP contribution in [0, 0.1) is 0 Å². The highest BCUT2D eigenvalue weighted by atomic mass is 32.2. The number of thioether (sulfide) groups is 1. The number of benzene rings is 3. The molecule has 216 valence electrons. The summed E-state index contributed by atoms with van der Waals surface area (Å²) in [6, 6.07) is 19.5. The molecule has 0 saturated carbocycles. The van der Waals surface area contributed by atoms with E-state index in [1.807, 2.05) is 50.2 Å². The zero-order valence-corrected chi connectivity index (χ0v) is 23.3. The quantitative estimate of drug-likeness (QED) is 0.269. The van der Waals surface area contributed by atoms with Crippen molar-refractivity contribution >= 4 is 34.6 Å². The lowest BCUT2D eigenvalue weighted by atomic mass is 10.0. The van der Waals surface area contributed by atoms with Crippen molar-refractivity contribution in [3.8, 4) is 22.8 Å². The van der Waals surface area contributed by atoms with E-state index in [0.717, 1.165) is 16.8 Å². The molecule has 1 aliphatic heterocycles. The summed E-state index contributed by atoms with van der Waals surface area (Å²) in [7, 11) is 0. The van der Waals surface area contributed by atoms with Crippen molar-refractivity contribution in [3.63, 3.8) is 0 Å². The highest BCUT2D eigenvalue weighted by molar-refractivity contribution is 8.15. The number of amidine groups is 1. The van der Waals surface area contributed by atoms with E-state index in [4.69, 9.17) is 0 Å². The summed E-state index contributed by atoms with van der Waals surface area (Å²) in [5.74, 6) is 0.359. The predicted octanol–water partition coefficient (Wildman–Crippen LogP) is 6.30. The van der Waals surface area contributed by atoms with Gasteiger partial charge in [0.15, 0.2) is 11.0 Å².